The van der Waals surface area contributed by atoms with Crippen LogP contribution in [-0.2, 0) is 4.74 Å². The Kier molecular flexibility index (Phi) is 1.83. The van der Waals surface area contributed by atoms with Crippen molar-refractivity contribution in [1.82, 2.24) is 0 Å². The summed E-state index contributed by atoms with van der Waals surface area (Å²) < 4.78 is 6.88. The van der Waals surface area contributed by atoms with Gasteiger partial charge in [-0.3, -0.25) is 0 Å². The van der Waals surface area contributed by atoms with Crippen molar-refractivity contribution in [3.8, 4) is 0 Å². The lowest BCUT2D eigenvalue weighted by atomic mass is 9.76. The van der Waals surface area contributed by atoms with Gasteiger partial charge in [-0.05, 0) is 58.6 Å². The molecule has 16 heavy (non-hydrogen) atoms. The summed E-state index contributed by atoms with van der Waals surface area (Å²) in [4.78, 5) is 0. The minimum Gasteiger partial charge on any atom is -0.490 e. The molecule has 2 unspecified atom stereocenters. The lowest BCUT2D eigenvalue weighted by Crippen LogP contribution is -2.41. The Morgan fingerprint density at radius 2 is 1.88 bits per heavy atom. The molecule has 2 saturated heterocycles. The lowest BCUT2D eigenvalue weighted by molar-refractivity contribution is -0.0148. The quantitative estimate of drug-likeness (QED) is 0.587. The van der Waals surface area contributed by atoms with Crippen LogP contribution in [0.4, 0.5) is 0 Å². The van der Waals surface area contributed by atoms with E-state index in [4.69, 9.17) is 4.74 Å². The number of rotatable bonds is 0. The molecular formula is C14H20OS. The van der Waals surface area contributed by atoms with Crippen LogP contribution in [-0.4, -0.2) is 15.1 Å². The zero-order chi connectivity index (χ0) is 11.8. The Labute approximate surface area is 102 Å². The van der Waals surface area contributed by atoms with Crippen LogP contribution in [0.1, 0.15) is 47.5 Å². The molecule has 2 aliphatic heterocycles. The molecule has 0 amide bonds. The molecule has 0 N–H and O–H groups in total. The maximum atomic E-state index is 6.29. The molecule has 88 valence electrons. The molecule has 1 aliphatic carbocycles. The molecule has 0 aromatic rings. The van der Waals surface area contributed by atoms with E-state index in [1.807, 2.05) is 0 Å². The molecular weight excluding hydrogens is 216 g/mol. The van der Waals surface area contributed by atoms with Gasteiger partial charge in [0, 0.05) is 0 Å². The van der Waals surface area contributed by atoms with Crippen LogP contribution in [0.2, 0.25) is 0 Å². The second-order valence-corrected chi connectivity index (χ2v) is 7.93. The monoisotopic (exact) mass is 236 g/mol. The van der Waals surface area contributed by atoms with Crippen LogP contribution in [0.5, 0.6) is 0 Å². The van der Waals surface area contributed by atoms with E-state index in [1.54, 1.807) is 0 Å². The van der Waals surface area contributed by atoms with E-state index < -0.39 is 0 Å². The summed E-state index contributed by atoms with van der Waals surface area (Å²) in [5, 5.41) is 0. The third-order valence-corrected chi connectivity index (χ3v) is 6.24. The summed E-state index contributed by atoms with van der Waals surface area (Å²) in [6, 6.07) is 0. The Balaban J connectivity index is 2.10. The van der Waals surface area contributed by atoms with Gasteiger partial charge in [-0.1, -0.05) is 6.08 Å². The second kappa shape index (κ2) is 2.72. The van der Waals surface area contributed by atoms with Crippen molar-refractivity contribution < 1.29 is 4.74 Å². The predicted molar refractivity (Wildman–Crippen MR) is 69.6 cm³/mol. The highest BCUT2D eigenvalue weighted by Gasteiger charge is 2.71. The van der Waals surface area contributed by atoms with Gasteiger partial charge < -0.3 is 4.74 Å². The number of thioether (sulfide) groups is 1. The molecule has 2 heterocycles. The van der Waals surface area contributed by atoms with Gasteiger partial charge in [0.1, 0.15) is 11.4 Å². The molecule has 3 rings (SSSR count). The zero-order valence-corrected chi connectivity index (χ0v) is 11.6. The summed E-state index contributed by atoms with van der Waals surface area (Å²) in [5.41, 5.74) is 2.79. The van der Waals surface area contributed by atoms with Crippen LogP contribution in [0.15, 0.2) is 23.0 Å². The van der Waals surface area contributed by atoms with Gasteiger partial charge in [0.2, 0.25) is 0 Å². The maximum absolute atomic E-state index is 6.29. The summed E-state index contributed by atoms with van der Waals surface area (Å²) >= 11 is 2.08. The highest BCUT2D eigenvalue weighted by atomic mass is 32.2. The van der Waals surface area contributed by atoms with E-state index in [0.717, 1.165) is 0 Å². The molecule has 2 atom stereocenters. The Morgan fingerprint density at radius 3 is 2.56 bits per heavy atom. The number of ether oxygens (including phenoxy) is 1. The first-order chi connectivity index (χ1) is 7.30. The van der Waals surface area contributed by atoms with Crippen molar-refractivity contribution in [3.05, 3.63) is 23.0 Å². The first-order valence-corrected chi connectivity index (χ1v) is 6.92. The van der Waals surface area contributed by atoms with Crippen molar-refractivity contribution in [2.45, 2.75) is 62.6 Å². The molecule has 0 saturated carbocycles. The van der Waals surface area contributed by atoms with Crippen molar-refractivity contribution in [2.24, 2.45) is 0 Å². The van der Waals surface area contributed by atoms with Crippen LogP contribution < -0.4 is 0 Å². The van der Waals surface area contributed by atoms with Crippen LogP contribution in [0.25, 0.3) is 0 Å². The number of hydrogen-bond donors (Lipinski definition) is 0. The molecule has 0 radical (unpaired) electrons. The topological polar surface area (TPSA) is 9.23 Å². The molecule has 3 aliphatic rings. The largest absolute Gasteiger partial charge is 0.490 e. The molecule has 1 nitrogen and oxygen atoms in total. The van der Waals surface area contributed by atoms with Gasteiger partial charge in [-0.2, -0.15) is 0 Å². The lowest BCUT2D eigenvalue weighted by Gasteiger charge is -2.41. The van der Waals surface area contributed by atoms with Crippen LogP contribution in [0, 0.1) is 0 Å². The summed E-state index contributed by atoms with van der Waals surface area (Å²) in [7, 11) is 0. The van der Waals surface area contributed by atoms with Crippen LogP contribution >= 0.6 is 11.8 Å². The van der Waals surface area contributed by atoms with E-state index >= 15 is 0 Å². The van der Waals surface area contributed by atoms with Crippen LogP contribution in [0.3, 0.4) is 0 Å². The van der Waals surface area contributed by atoms with Gasteiger partial charge in [0.05, 0.1) is 9.49 Å². The highest BCUT2D eigenvalue weighted by Crippen LogP contribution is 2.74. The Morgan fingerprint density at radius 1 is 1.19 bits per heavy atom. The molecule has 0 aromatic heterocycles. The minimum atomic E-state index is 0.0174. The normalized spacial score (nSPS) is 44.2. The summed E-state index contributed by atoms with van der Waals surface area (Å²) in [6.45, 7) is 11.2. The smallest absolute Gasteiger partial charge is 0.118 e. The van der Waals surface area contributed by atoms with Gasteiger partial charge in [-0.15, -0.1) is 11.8 Å². The van der Waals surface area contributed by atoms with E-state index in [0.29, 0.717) is 4.75 Å². The fourth-order valence-electron chi connectivity index (χ4n) is 3.13. The molecule has 1 spiro atoms. The van der Waals surface area contributed by atoms with E-state index in [2.05, 4.69) is 52.5 Å². The first-order valence-electron chi connectivity index (χ1n) is 6.10. The highest BCUT2D eigenvalue weighted by molar-refractivity contribution is 8.10. The fourth-order valence-corrected chi connectivity index (χ4v) is 4.79. The van der Waals surface area contributed by atoms with Crippen molar-refractivity contribution >= 4 is 11.8 Å². The average Bonchev–Trinajstić information content (AvgIpc) is 2.75. The Hall–Kier alpha value is -0.370. The molecule has 2 heteroatoms. The fraction of sp³-hybridized carbons (Fsp3) is 0.714. The molecule has 0 aromatic carbocycles. The summed E-state index contributed by atoms with van der Waals surface area (Å²) in [5.74, 6) is 1.27. The zero-order valence-electron chi connectivity index (χ0n) is 10.8. The average molecular weight is 236 g/mol. The first kappa shape index (κ1) is 10.8. The standard InChI is InChI=1S/C14H20OS/c1-9-8-13(5)14(16-13)7-6-12(3,4)15-11(14)10(9)2/h8H,6-7H2,1-5H3. The second-order valence-electron chi connectivity index (χ2n) is 6.18. The third kappa shape index (κ3) is 1.14. The predicted octanol–water partition coefficient (Wildman–Crippen LogP) is 4.05. The van der Waals surface area contributed by atoms with E-state index in [9.17, 15) is 0 Å². The Bertz CT molecular complexity index is 432. The molecule has 0 bridgehead atoms. The van der Waals surface area contributed by atoms with Gasteiger partial charge in [0.25, 0.3) is 0 Å². The number of hydrogen-bond acceptors (Lipinski definition) is 2. The summed E-state index contributed by atoms with van der Waals surface area (Å²) in [6.07, 6.45) is 4.87. The van der Waals surface area contributed by atoms with Gasteiger partial charge in [0.15, 0.2) is 0 Å². The third-order valence-electron chi connectivity index (χ3n) is 4.39. The van der Waals surface area contributed by atoms with Crippen molar-refractivity contribution in [2.75, 3.05) is 0 Å². The van der Waals surface area contributed by atoms with Crippen molar-refractivity contribution in [3.63, 3.8) is 0 Å². The van der Waals surface area contributed by atoms with Crippen molar-refractivity contribution in [1.29, 1.82) is 0 Å². The van der Waals surface area contributed by atoms with E-state index in [1.165, 1.54) is 29.7 Å². The van der Waals surface area contributed by atoms with E-state index in [-0.39, 0.29) is 10.3 Å². The SMILES string of the molecule is CC1=CC2(C)SC23CCC(C)(C)OC3=C1C. The minimum absolute atomic E-state index is 0.0174. The maximum Gasteiger partial charge on any atom is 0.118 e. The van der Waals surface area contributed by atoms with Gasteiger partial charge >= 0.3 is 0 Å². The van der Waals surface area contributed by atoms with Gasteiger partial charge in [-0.25, -0.2) is 0 Å². The number of allylic oxidation sites excluding steroid dienone is 2. The molecule has 2 fully saturated rings.